The Hall–Kier alpha value is -0.600. The molecule has 1 saturated heterocycles. The standard InChI is InChI=1S/C9H14O2/c1-2-3-4-5-6-9-10-7-8-11-9/h2-5,9H,6-8H2,1H3. The van der Waals surface area contributed by atoms with E-state index in [0.717, 1.165) is 19.6 Å². The summed E-state index contributed by atoms with van der Waals surface area (Å²) in [5, 5.41) is 0. The second-order valence-corrected chi connectivity index (χ2v) is 2.36. The van der Waals surface area contributed by atoms with E-state index in [1.807, 2.05) is 25.2 Å². The maximum Gasteiger partial charge on any atom is 0.161 e. The smallest absolute Gasteiger partial charge is 0.161 e. The van der Waals surface area contributed by atoms with Crippen LogP contribution in [-0.4, -0.2) is 19.5 Å². The van der Waals surface area contributed by atoms with Crippen LogP contribution >= 0.6 is 0 Å². The highest BCUT2D eigenvalue weighted by molar-refractivity contribution is 5.01. The van der Waals surface area contributed by atoms with Crippen molar-refractivity contribution in [1.82, 2.24) is 0 Å². The number of allylic oxidation sites excluding steroid dienone is 3. The van der Waals surface area contributed by atoms with Gasteiger partial charge < -0.3 is 9.47 Å². The van der Waals surface area contributed by atoms with Gasteiger partial charge in [0.25, 0.3) is 0 Å². The molecule has 0 bridgehead atoms. The number of hydrogen-bond acceptors (Lipinski definition) is 2. The molecular formula is C9H14O2. The Balaban J connectivity index is 2.10. The average Bonchev–Trinajstić information content (AvgIpc) is 2.50. The van der Waals surface area contributed by atoms with Gasteiger partial charge in [-0.25, -0.2) is 0 Å². The minimum absolute atomic E-state index is 0.00324. The Morgan fingerprint density at radius 3 is 2.64 bits per heavy atom. The molecule has 0 radical (unpaired) electrons. The molecule has 0 aromatic heterocycles. The maximum absolute atomic E-state index is 5.24. The average molecular weight is 154 g/mol. The summed E-state index contributed by atoms with van der Waals surface area (Å²) in [4.78, 5) is 0. The zero-order valence-electron chi connectivity index (χ0n) is 6.82. The van der Waals surface area contributed by atoms with Crippen LogP contribution in [0, 0.1) is 0 Å². The van der Waals surface area contributed by atoms with Crippen molar-refractivity contribution in [3.8, 4) is 0 Å². The number of rotatable bonds is 3. The highest BCUT2D eigenvalue weighted by atomic mass is 16.7. The SMILES string of the molecule is CC=CC=CCC1OCCO1. The lowest BCUT2D eigenvalue weighted by Gasteiger charge is -2.03. The molecule has 0 aromatic carbocycles. The Morgan fingerprint density at radius 1 is 1.27 bits per heavy atom. The summed E-state index contributed by atoms with van der Waals surface area (Å²) < 4.78 is 10.5. The lowest BCUT2D eigenvalue weighted by Crippen LogP contribution is -2.04. The lowest BCUT2D eigenvalue weighted by molar-refractivity contribution is -0.0380. The van der Waals surface area contributed by atoms with E-state index in [4.69, 9.17) is 9.47 Å². The van der Waals surface area contributed by atoms with Crippen LogP contribution in [-0.2, 0) is 9.47 Å². The summed E-state index contributed by atoms with van der Waals surface area (Å²) in [5.41, 5.74) is 0. The van der Waals surface area contributed by atoms with Crippen molar-refractivity contribution in [3.05, 3.63) is 24.3 Å². The second-order valence-electron chi connectivity index (χ2n) is 2.36. The summed E-state index contributed by atoms with van der Waals surface area (Å²) >= 11 is 0. The molecule has 2 nitrogen and oxygen atoms in total. The van der Waals surface area contributed by atoms with Crippen LogP contribution in [0.5, 0.6) is 0 Å². The van der Waals surface area contributed by atoms with Crippen molar-refractivity contribution < 1.29 is 9.47 Å². The van der Waals surface area contributed by atoms with Gasteiger partial charge in [0.1, 0.15) is 0 Å². The maximum atomic E-state index is 5.24. The second kappa shape index (κ2) is 5.10. The van der Waals surface area contributed by atoms with Crippen LogP contribution in [0.2, 0.25) is 0 Å². The predicted octanol–water partition coefficient (Wildman–Crippen LogP) is 1.88. The highest BCUT2D eigenvalue weighted by Gasteiger charge is 2.12. The topological polar surface area (TPSA) is 18.5 Å². The van der Waals surface area contributed by atoms with Crippen LogP contribution < -0.4 is 0 Å². The summed E-state index contributed by atoms with van der Waals surface area (Å²) in [5.74, 6) is 0. The van der Waals surface area contributed by atoms with Gasteiger partial charge in [-0.05, 0) is 6.92 Å². The molecular weight excluding hydrogens is 140 g/mol. The van der Waals surface area contributed by atoms with Crippen LogP contribution in [0.15, 0.2) is 24.3 Å². The van der Waals surface area contributed by atoms with Gasteiger partial charge in [-0.3, -0.25) is 0 Å². The molecule has 0 atom stereocenters. The minimum atomic E-state index is -0.00324. The molecule has 62 valence electrons. The Kier molecular flexibility index (Phi) is 3.94. The van der Waals surface area contributed by atoms with E-state index in [2.05, 4.69) is 6.08 Å². The van der Waals surface area contributed by atoms with Crippen molar-refractivity contribution >= 4 is 0 Å². The fourth-order valence-corrected chi connectivity index (χ4v) is 0.923. The van der Waals surface area contributed by atoms with Gasteiger partial charge in [-0.1, -0.05) is 24.3 Å². The first-order chi connectivity index (χ1) is 5.43. The number of hydrogen-bond donors (Lipinski definition) is 0. The molecule has 1 aliphatic rings. The largest absolute Gasteiger partial charge is 0.350 e. The molecule has 1 fully saturated rings. The van der Waals surface area contributed by atoms with E-state index in [9.17, 15) is 0 Å². The number of ether oxygens (including phenoxy) is 2. The molecule has 1 aliphatic heterocycles. The van der Waals surface area contributed by atoms with E-state index in [-0.39, 0.29) is 6.29 Å². The molecule has 1 rings (SSSR count). The molecule has 0 aromatic rings. The quantitative estimate of drug-likeness (QED) is 0.578. The Morgan fingerprint density at radius 2 is 2.00 bits per heavy atom. The molecule has 0 N–H and O–H groups in total. The third kappa shape index (κ3) is 3.35. The van der Waals surface area contributed by atoms with Gasteiger partial charge in [-0.15, -0.1) is 0 Å². The third-order valence-electron chi connectivity index (χ3n) is 1.46. The fraction of sp³-hybridized carbons (Fsp3) is 0.556. The van der Waals surface area contributed by atoms with E-state index >= 15 is 0 Å². The van der Waals surface area contributed by atoms with Crippen molar-refractivity contribution in [2.75, 3.05) is 13.2 Å². The van der Waals surface area contributed by atoms with E-state index in [0.29, 0.717) is 0 Å². The van der Waals surface area contributed by atoms with E-state index < -0.39 is 0 Å². The third-order valence-corrected chi connectivity index (χ3v) is 1.46. The van der Waals surface area contributed by atoms with Crippen molar-refractivity contribution in [3.63, 3.8) is 0 Å². The molecule has 0 amide bonds. The van der Waals surface area contributed by atoms with E-state index in [1.54, 1.807) is 0 Å². The molecule has 0 unspecified atom stereocenters. The van der Waals surface area contributed by atoms with Gasteiger partial charge in [-0.2, -0.15) is 0 Å². The normalized spacial score (nSPS) is 20.8. The molecule has 0 aliphatic carbocycles. The highest BCUT2D eigenvalue weighted by Crippen LogP contribution is 2.07. The van der Waals surface area contributed by atoms with Crippen LogP contribution in [0.1, 0.15) is 13.3 Å². The minimum Gasteiger partial charge on any atom is -0.350 e. The van der Waals surface area contributed by atoms with Gasteiger partial charge in [0.15, 0.2) is 6.29 Å². The van der Waals surface area contributed by atoms with Gasteiger partial charge >= 0.3 is 0 Å². The fourth-order valence-electron chi connectivity index (χ4n) is 0.923. The molecule has 1 heterocycles. The van der Waals surface area contributed by atoms with Gasteiger partial charge in [0.2, 0.25) is 0 Å². The summed E-state index contributed by atoms with van der Waals surface area (Å²) in [7, 11) is 0. The molecule has 11 heavy (non-hydrogen) atoms. The van der Waals surface area contributed by atoms with Crippen LogP contribution in [0.3, 0.4) is 0 Å². The van der Waals surface area contributed by atoms with Crippen molar-refractivity contribution in [2.24, 2.45) is 0 Å². The van der Waals surface area contributed by atoms with Gasteiger partial charge in [0, 0.05) is 6.42 Å². The van der Waals surface area contributed by atoms with E-state index in [1.165, 1.54) is 0 Å². The van der Waals surface area contributed by atoms with Crippen LogP contribution in [0.25, 0.3) is 0 Å². The summed E-state index contributed by atoms with van der Waals surface area (Å²) in [6, 6.07) is 0. The summed E-state index contributed by atoms with van der Waals surface area (Å²) in [6.45, 7) is 3.47. The monoisotopic (exact) mass is 154 g/mol. The zero-order chi connectivity index (χ0) is 7.94. The Labute approximate surface area is 67.5 Å². The first-order valence-corrected chi connectivity index (χ1v) is 3.94. The zero-order valence-corrected chi connectivity index (χ0v) is 6.82. The molecule has 2 heteroatoms. The van der Waals surface area contributed by atoms with Crippen molar-refractivity contribution in [2.45, 2.75) is 19.6 Å². The first kappa shape index (κ1) is 8.50. The summed E-state index contributed by atoms with van der Waals surface area (Å²) in [6.07, 6.45) is 8.89. The molecule has 0 spiro atoms. The lowest BCUT2D eigenvalue weighted by atomic mass is 10.3. The van der Waals surface area contributed by atoms with Crippen LogP contribution in [0.4, 0.5) is 0 Å². The van der Waals surface area contributed by atoms with Gasteiger partial charge in [0.05, 0.1) is 13.2 Å². The Bertz CT molecular complexity index is 144. The van der Waals surface area contributed by atoms with Crippen molar-refractivity contribution in [1.29, 1.82) is 0 Å². The first-order valence-electron chi connectivity index (χ1n) is 3.94. The molecule has 0 saturated carbocycles. The predicted molar refractivity (Wildman–Crippen MR) is 44.3 cm³/mol.